The van der Waals surface area contributed by atoms with Crippen molar-refractivity contribution in [2.45, 2.75) is 37.0 Å². The predicted molar refractivity (Wildman–Crippen MR) is 186 cm³/mol. The van der Waals surface area contributed by atoms with Crippen molar-refractivity contribution in [3.05, 3.63) is 139 Å². The van der Waals surface area contributed by atoms with Gasteiger partial charge in [0.2, 0.25) is 5.91 Å². The number of rotatable bonds is 13. The Labute approximate surface area is 285 Å². The highest BCUT2D eigenvalue weighted by Crippen LogP contribution is 2.30. The Bertz CT molecular complexity index is 1730. The number of alkyl carbamates (subject to hydrolysis) is 1. The number of morpholine rings is 1. The number of aromatic nitrogens is 3. The fraction of sp³-hybridized carbons (Fsp3) is 0.263. The van der Waals surface area contributed by atoms with Gasteiger partial charge in [0.1, 0.15) is 37.2 Å². The minimum absolute atomic E-state index is 0.0323. The molecule has 1 aliphatic rings. The maximum atomic E-state index is 14.1. The third-order valence-electron chi connectivity index (χ3n) is 8.49. The lowest BCUT2D eigenvalue weighted by molar-refractivity contribution is -0.118. The summed E-state index contributed by atoms with van der Waals surface area (Å²) in [6.07, 6.45) is 3.74. The summed E-state index contributed by atoms with van der Waals surface area (Å²) in [4.78, 5) is 30.6. The van der Waals surface area contributed by atoms with Crippen molar-refractivity contribution in [3.8, 4) is 11.4 Å². The lowest BCUT2D eigenvalue weighted by Crippen LogP contribution is -2.48. The molecule has 0 saturated carbocycles. The van der Waals surface area contributed by atoms with Gasteiger partial charge in [0.05, 0.1) is 18.9 Å². The number of hydrogen-bond donors (Lipinski definition) is 3. The van der Waals surface area contributed by atoms with Gasteiger partial charge < -0.3 is 30.2 Å². The van der Waals surface area contributed by atoms with Crippen molar-refractivity contribution < 1.29 is 23.8 Å². The van der Waals surface area contributed by atoms with E-state index in [9.17, 15) is 9.59 Å². The Morgan fingerprint density at radius 2 is 1.57 bits per heavy atom. The van der Waals surface area contributed by atoms with E-state index in [2.05, 4.69) is 26.0 Å². The van der Waals surface area contributed by atoms with Crippen LogP contribution in [0, 0.1) is 0 Å². The Morgan fingerprint density at radius 3 is 2.24 bits per heavy atom. The Morgan fingerprint density at radius 1 is 0.898 bits per heavy atom. The van der Waals surface area contributed by atoms with Crippen molar-refractivity contribution in [3.63, 3.8) is 0 Å². The standard InChI is InChI=1S/C38H40N6O5/c1-47-38(46)43-36(35(28-11-4-2-5-12-28)29-13-6-3-7-14-29)37(45)42-34-15-9-8-10-27(34)16-19-32-22-39-23-33(49-32)24-48-31-20-17-30(18-21-31)44-26-40-25-41-44/h2-15,17-18,20-21,25-26,32-33,35-36,39H,16,19,22-24H2,1H3,(H,42,45)(H,43,46)/t32-,33+,36+/m1/s1. The number of methoxy groups -OCH3 is 1. The highest BCUT2D eigenvalue weighted by atomic mass is 16.5. The van der Waals surface area contributed by atoms with Crippen LogP contribution in [-0.2, 0) is 20.7 Å². The molecule has 11 heteroatoms. The smallest absolute Gasteiger partial charge is 0.407 e. The van der Waals surface area contributed by atoms with E-state index in [0.717, 1.165) is 41.1 Å². The molecule has 6 rings (SSSR count). The maximum absolute atomic E-state index is 14.1. The largest absolute Gasteiger partial charge is 0.491 e. The van der Waals surface area contributed by atoms with Crippen LogP contribution >= 0.6 is 0 Å². The van der Waals surface area contributed by atoms with Crippen LogP contribution in [0.3, 0.4) is 0 Å². The number of amides is 2. The Hall–Kier alpha value is -5.52. The van der Waals surface area contributed by atoms with Gasteiger partial charge in [0.15, 0.2) is 0 Å². The summed E-state index contributed by atoms with van der Waals surface area (Å²) in [7, 11) is 1.29. The van der Waals surface area contributed by atoms with Crippen molar-refractivity contribution >= 4 is 17.7 Å². The fourth-order valence-corrected chi connectivity index (χ4v) is 6.04. The molecule has 1 aromatic heterocycles. The number of benzene rings is 4. The van der Waals surface area contributed by atoms with Gasteiger partial charge in [-0.3, -0.25) is 4.79 Å². The highest BCUT2D eigenvalue weighted by Gasteiger charge is 2.33. The van der Waals surface area contributed by atoms with Crippen LogP contribution in [0.25, 0.3) is 5.69 Å². The summed E-state index contributed by atoms with van der Waals surface area (Å²) in [6, 6.07) is 33.8. The van der Waals surface area contributed by atoms with Crippen LogP contribution in [0.15, 0.2) is 122 Å². The molecule has 0 radical (unpaired) electrons. The van der Waals surface area contributed by atoms with Crippen LogP contribution < -0.4 is 20.7 Å². The number of aryl methyl sites for hydroxylation is 1. The molecule has 2 heterocycles. The molecule has 1 aliphatic heterocycles. The number of nitrogens with zero attached hydrogens (tertiary/aromatic N) is 3. The van der Waals surface area contributed by atoms with Crippen molar-refractivity contribution in [1.82, 2.24) is 25.4 Å². The molecule has 1 saturated heterocycles. The number of nitrogens with one attached hydrogen (secondary N) is 3. The van der Waals surface area contributed by atoms with Crippen LogP contribution in [-0.4, -0.2) is 71.8 Å². The van der Waals surface area contributed by atoms with Crippen LogP contribution in [0.4, 0.5) is 10.5 Å². The molecule has 252 valence electrons. The SMILES string of the molecule is COC(=O)N[C@H](C(=O)Nc1ccccc1CC[C@@H]1CNC[C@@H](COc2ccc(-n3cncn3)cc2)O1)C(c1ccccc1)c1ccccc1. The molecule has 3 N–H and O–H groups in total. The van der Waals surface area contributed by atoms with Crippen LogP contribution in [0.5, 0.6) is 5.75 Å². The van der Waals surface area contributed by atoms with Gasteiger partial charge in [0.25, 0.3) is 0 Å². The summed E-state index contributed by atoms with van der Waals surface area (Å²) in [5.41, 5.74) is 4.34. The summed E-state index contributed by atoms with van der Waals surface area (Å²) < 4.78 is 19.1. The maximum Gasteiger partial charge on any atom is 0.407 e. The summed E-state index contributed by atoms with van der Waals surface area (Å²) in [5, 5.41) is 13.5. The normalized spacial score (nSPS) is 16.4. The van der Waals surface area contributed by atoms with E-state index in [4.69, 9.17) is 14.2 Å². The zero-order chi connectivity index (χ0) is 33.8. The molecule has 5 aromatic rings. The fourth-order valence-electron chi connectivity index (χ4n) is 6.04. The first-order chi connectivity index (χ1) is 24.1. The van der Waals surface area contributed by atoms with E-state index in [1.807, 2.05) is 109 Å². The first-order valence-electron chi connectivity index (χ1n) is 16.3. The van der Waals surface area contributed by atoms with Crippen molar-refractivity contribution in [1.29, 1.82) is 0 Å². The molecule has 49 heavy (non-hydrogen) atoms. The molecule has 3 atom stereocenters. The summed E-state index contributed by atoms with van der Waals surface area (Å²) in [6.45, 7) is 1.83. The number of hydrogen-bond acceptors (Lipinski definition) is 8. The average molecular weight is 661 g/mol. The molecule has 0 aliphatic carbocycles. The van der Waals surface area contributed by atoms with Crippen LogP contribution in [0.1, 0.15) is 29.0 Å². The van der Waals surface area contributed by atoms with Gasteiger partial charge in [-0.25, -0.2) is 14.5 Å². The molecule has 2 amide bonds. The molecule has 0 bridgehead atoms. The monoisotopic (exact) mass is 660 g/mol. The summed E-state index contributed by atoms with van der Waals surface area (Å²) >= 11 is 0. The first-order valence-corrected chi connectivity index (χ1v) is 16.3. The second kappa shape index (κ2) is 16.5. The molecular formula is C38H40N6O5. The number of anilines is 1. The lowest BCUT2D eigenvalue weighted by Gasteiger charge is -2.31. The molecule has 1 fully saturated rings. The lowest BCUT2D eigenvalue weighted by atomic mass is 9.84. The predicted octanol–water partition coefficient (Wildman–Crippen LogP) is 5.13. The van der Waals surface area contributed by atoms with Crippen molar-refractivity contribution in [2.75, 3.05) is 32.1 Å². The van der Waals surface area contributed by atoms with Crippen molar-refractivity contribution in [2.24, 2.45) is 0 Å². The third kappa shape index (κ3) is 8.89. The molecule has 11 nitrogen and oxygen atoms in total. The third-order valence-corrected chi connectivity index (χ3v) is 8.49. The quantitative estimate of drug-likeness (QED) is 0.159. The van der Waals surface area contributed by atoms with E-state index in [1.54, 1.807) is 11.0 Å². The molecule has 0 spiro atoms. The van der Waals surface area contributed by atoms with Gasteiger partial charge in [-0.1, -0.05) is 78.9 Å². The summed E-state index contributed by atoms with van der Waals surface area (Å²) in [5.74, 6) is -0.0557. The molecule has 0 unspecified atom stereocenters. The van der Waals surface area contributed by atoms with Gasteiger partial charge in [0, 0.05) is 24.7 Å². The van der Waals surface area contributed by atoms with Gasteiger partial charge in [-0.2, -0.15) is 5.10 Å². The van der Waals surface area contributed by atoms with E-state index in [-0.39, 0.29) is 18.1 Å². The Balaban J connectivity index is 1.09. The zero-order valence-corrected chi connectivity index (χ0v) is 27.3. The van der Waals surface area contributed by atoms with Gasteiger partial charge in [-0.15, -0.1) is 0 Å². The minimum Gasteiger partial charge on any atom is -0.491 e. The van der Waals surface area contributed by atoms with Crippen LogP contribution in [0.2, 0.25) is 0 Å². The highest BCUT2D eigenvalue weighted by molar-refractivity contribution is 5.98. The number of ether oxygens (including phenoxy) is 3. The van der Waals surface area contributed by atoms with E-state index < -0.39 is 18.1 Å². The minimum atomic E-state index is -0.948. The van der Waals surface area contributed by atoms with E-state index in [1.165, 1.54) is 13.4 Å². The second-order valence-corrected chi connectivity index (χ2v) is 11.8. The molecular weight excluding hydrogens is 620 g/mol. The second-order valence-electron chi connectivity index (χ2n) is 11.8. The van der Waals surface area contributed by atoms with Gasteiger partial charge in [-0.05, 0) is 59.9 Å². The first kappa shape index (κ1) is 33.4. The molecule has 4 aromatic carbocycles. The topological polar surface area (TPSA) is 129 Å². The van der Waals surface area contributed by atoms with Gasteiger partial charge >= 0.3 is 6.09 Å². The number of carbonyl (C=O) groups is 2. The zero-order valence-electron chi connectivity index (χ0n) is 27.3. The van der Waals surface area contributed by atoms with E-state index in [0.29, 0.717) is 25.3 Å². The number of para-hydroxylation sites is 1. The van der Waals surface area contributed by atoms with E-state index >= 15 is 0 Å². The Kier molecular flexibility index (Phi) is 11.3. The number of carbonyl (C=O) groups excluding carboxylic acids is 2. The average Bonchev–Trinajstić information content (AvgIpc) is 3.70.